The maximum absolute atomic E-state index is 14.0. The van der Waals surface area contributed by atoms with E-state index in [1.165, 1.54) is 12.0 Å². The largest absolute Gasteiger partial charge is 0.496 e. The van der Waals surface area contributed by atoms with Gasteiger partial charge in [-0.15, -0.1) is 0 Å². The molecule has 1 atom stereocenters. The molecule has 0 unspecified atom stereocenters. The molecule has 6 rings (SSSR count). The summed E-state index contributed by atoms with van der Waals surface area (Å²) in [4.78, 5) is 33.7. The molecule has 3 aliphatic rings. The predicted molar refractivity (Wildman–Crippen MR) is 135 cm³/mol. The third-order valence-corrected chi connectivity index (χ3v) is 8.25. The number of nitrogens with zero attached hydrogens (tertiary/aromatic N) is 4. The van der Waals surface area contributed by atoms with Crippen LogP contribution < -0.4 is 14.4 Å². The molecule has 9 nitrogen and oxygen atoms in total. The van der Waals surface area contributed by atoms with Crippen LogP contribution in [0.2, 0.25) is 0 Å². The number of carbonyl (C=O) groups excluding carboxylic acids is 2. The number of H-pyrrole nitrogens is 1. The van der Waals surface area contributed by atoms with Gasteiger partial charge in [0.25, 0.3) is 0 Å². The number of methoxy groups -OCH3 is 1. The zero-order valence-electron chi connectivity index (χ0n) is 21.3. The minimum absolute atomic E-state index is 0.0274. The molecule has 2 amide bonds. The lowest BCUT2D eigenvalue weighted by Gasteiger charge is -2.37. The zero-order valence-corrected chi connectivity index (χ0v) is 21.3. The Morgan fingerprint density at radius 2 is 2.00 bits per heavy atom. The summed E-state index contributed by atoms with van der Waals surface area (Å²) in [5.41, 5.74) is 0.933. The highest BCUT2D eigenvalue weighted by Gasteiger charge is 2.55. The predicted octanol–water partition coefficient (Wildman–Crippen LogP) is 4.13. The number of carbonyl (C=O) groups is 2. The molecule has 39 heavy (non-hydrogen) atoms. The van der Waals surface area contributed by atoms with Crippen LogP contribution in [0.3, 0.4) is 0 Å². The van der Waals surface area contributed by atoms with E-state index in [1.54, 1.807) is 30.6 Å². The second-order valence-corrected chi connectivity index (χ2v) is 10.4. The van der Waals surface area contributed by atoms with Crippen molar-refractivity contribution in [2.24, 2.45) is 0 Å². The molecule has 3 aromatic rings. The number of pyridine rings is 1. The summed E-state index contributed by atoms with van der Waals surface area (Å²) >= 11 is 0. The van der Waals surface area contributed by atoms with Crippen LogP contribution in [0.5, 0.6) is 11.5 Å². The molecule has 0 radical (unpaired) electrons. The molecule has 2 fully saturated rings. The monoisotopic (exact) mass is 543 g/mol. The van der Waals surface area contributed by atoms with E-state index in [0.717, 1.165) is 10.3 Å². The van der Waals surface area contributed by atoms with E-state index in [2.05, 4.69) is 15.2 Å². The second-order valence-electron chi connectivity index (χ2n) is 10.4. The number of fused-ring (bicyclic) bond motifs is 3. The maximum atomic E-state index is 14.0. The Morgan fingerprint density at radius 1 is 1.21 bits per heavy atom. The number of amides is 2. The Bertz CT molecular complexity index is 1420. The first-order valence-corrected chi connectivity index (χ1v) is 13.0. The summed E-state index contributed by atoms with van der Waals surface area (Å²) in [5.74, 6) is 0.156. The van der Waals surface area contributed by atoms with Crippen LogP contribution >= 0.6 is 0 Å². The fraction of sp³-hybridized carbons (Fsp3) is 0.481. The molecular formula is C27H28F3N5O4. The molecule has 1 aromatic carbocycles. The number of ether oxygens (including phenoxy) is 2. The van der Waals surface area contributed by atoms with Crippen molar-refractivity contribution in [3.63, 3.8) is 0 Å². The number of hydrogen-bond donors (Lipinski definition) is 1. The Hall–Kier alpha value is -3.83. The molecule has 2 aliphatic heterocycles. The van der Waals surface area contributed by atoms with Crippen molar-refractivity contribution in [3.05, 3.63) is 42.2 Å². The molecule has 4 heterocycles. The quantitative estimate of drug-likeness (QED) is 0.520. The van der Waals surface area contributed by atoms with Crippen molar-refractivity contribution in [2.45, 2.75) is 62.3 Å². The van der Waals surface area contributed by atoms with E-state index in [9.17, 15) is 22.8 Å². The van der Waals surface area contributed by atoms with E-state index in [-0.39, 0.29) is 31.4 Å². The number of anilines is 1. The van der Waals surface area contributed by atoms with Gasteiger partial charge in [-0.3, -0.25) is 14.7 Å². The maximum Gasteiger partial charge on any atom is 0.408 e. The summed E-state index contributed by atoms with van der Waals surface area (Å²) in [6, 6.07) is 5.27. The van der Waals surface area contributed by atoms with Gasteiger partial charge in [0.15, 0.2) is 5.65 Å². The molecule has 2 aromatic heterocycles. The average Bonchev–Trinajstić information content (AvgIpc) is 3.65. The van der Waals surface area contributed by atoms with E-state index >= 15 is 0 Å². The van der Waals surface area contributed by atoms with Gasteiger partial charge in [0.1, 0.15) is 24.1 Å². The SMILES string of the molecule is COc1cccc2c1C1(CCC(Oc3cnc4[nH]ncc4c3)CC1)C(=O)N2CC(=O)N1CCC[C@H]1C(F)(F)F. The number of rotatable bonds is 5. The van der Waals surface area contributed by atoms with Gasteiger partial charge in [0, 0.05) is 17.5 Å². The number of aromatic amines is 1. The number of nitrogens with one attached hydrogen (secondary N) is 1. The van der Waals surface area contributed by atoms with Crippen LogP contribution in [-0.4, -0.2) is 70.4 Å². The Morgan fingerprint density at radius 3 is 2.74 bits per heavy atom. The second kappa shape index (κ2) is 9.42. The first-order valence-electron chi connectivity index (χ1n) is 13.0. The Labute approximate surface area is 222 Å². The molecule has 0 bridgehead atoms. The van der Waals surface area contributed by atoms with Crippen molar-refractivity contribution in [1.29, 1.82) is 0 Å². The summed E-state index contributed by atoms with van der Waals surface area (Å²) in [6.45, 7) is -0.413. The molecule has 1 N–H and O–H groups in total. The molecule has 1 saturated heterocycles. The van der Waals surface area contributed by atoms with Gasteiger partial charge >= 0.3 is 6.18 Å². The van der Waals surface area contributed by atoms with Crippen molar-refractivity contribution in [2.75, 3.05) is 25.1 Å². The van der Waals surface area contributed by atoms with Gasteiger partial charge in [-0.25, -0.2) is 4.98 Å². The Balaban J connectivity index is 1.23. The normalized spacial score (nSPS) is 25.0. The molecule has 1 spiro atoms. The third kappa shape index (κ3) is 4.25. The summed E-state index contributed by atoms with van der Waals surface area (Å²) in [7, 11) is 1.52. The van der Waals surface area contributed by atoms with Crippen molar-refractivity contribution in [3.8, 4) is 11.5 Å². The van der Waals surface area contributed by atoms with Crippen LogP contribution in [0.25, 0.3) is 11.0 Å². The van der Waals surface area contributed by atoms with E-state index in [1.807, 2.05) is 6.07 Å². The summed E-state index contributed by atoms with van der Waals surface area (Å²) in [6.07, 6.45) is 0.831. The standard InChI is InChI=1S/C27H28F3N5O4/c1-38-20-5-2-4-19-23(20)26(25(37)35(19)15-22(36)34-11-3-6-21(34)27(28,29)30)9-7-17(8-10-26)39-18-12-16-13-32-33-24(16)31-14-18/h2,4-5,12-14,17,21H,3,6-11,15H2,1H3,(H,31,32,33)/t17?,21-,26?/m0/s1. The van der Waals surface area contributed by atoms with Gasteiger partial charge in [-0.1, -0.05) is 6.07 Å². The third-order valence-electron chi connectivity index (χ3n) is 8.25. The van der Waals surface area contributed by atoms with Crippen molar-refractivity contribution < 1.29 is 32.2 Å². The van der Waals surface area contributed by atoms with Gasteiger partial charge in [0.05, 0.1) is 36.7 Å². The number of alkyl halides is 3. The van der Waals surface area contributed by atoms with Gasteiger partial charge in [-0.05, 0) is 56.7 Å². The van der Waals surface area contributed by atoms with Crippen LogP contribution in [0.1, 0.15) is 44.1 Å². The summed E-state index contributed by atoms with van der Waals surface area (Å²) in [5, 5.41) is 7.60. The number of likely N-dealkylation sites (tertiary alicyclic amines) is 1. The fourth-order valence-corrected chi connectivity index (χ4v) is 6.40. The number of aromatic nitrogens is 3. The van der Waals surface area contributed by atoms with Crippen LogP contribution in [0.4, 0.5) is 18.9 Å². The zero-order chi connectivity index (χ0) is 27.4. The molecule has 1 saturated carbocycles. The van der Waals surface area contributed by atoms with Crippen LogP contribution in [0.15, 0.2) is 36.7 Å². The number of halogens is 3. The van der Waals surface area contributed by atoms with Gasteiger partial charge in [0.2, 0.25) is 11.8 Å². The lowest BCUT2D eigenvalue weighted by Crippen LogP contribution is -2.51. The van der Waals surface area contributed by atoms with Crippen LogP contribution in [-0.2, 0) is 15.0 Å². The lowest BCUT2D eigenvalue weighted by molar-refractivity contribution is -0.182. The van der Waals surface area contributed by atoms with E-state index < -0.39 is 30.1 Å². The molecule has 206 valence electrons. The number of hydrogen-bond acceptors (Lipinski definition) is 6. The average molecular weight is 544 g/mol. The lowest BCUT2D eigenvalue weighted by atomic mass is 9.69. The molecular weight excluding hydrogens is 515 g/mol. The van der Waals surface area contributed by atoms with E-state index in [0.29, 0.717) is 54.1 Å². The van der Waals surface area contributed by atoms with E-state index in [4.69, 9.17) is 9.47 Å². The first kappa shape index (κ1) is 25.4. The van der Waals surface area contributed by atoms with Gasteiger partial charge < -0.3 is 19.3 Å². The van der Waals surface area contributed by atoms with Gasteiger partial charge in [-0.2, -0.15) is 18.3 Å². The summed E-state index contributed by atoms with van der Waals surface area (Å²) < 4.78 is 52.4. The topological polar surface area (TPSA) is 101 Å². The highest BCUT2D eigenvalue weighted by Crippen LogP contribution is 2.54. The van der Waals surface area contributed by atoms with Crippen LogP contribution in [0, 0.1) is 0 Å². The molecule has 12 heteroatoms. The highest BCUT2D eigenvalue weighted by atomic mass is 19.4. The minimum Gasteiger partial charge on any atom is -0.496 e. The Kier molecular flexibility index (Phi) is 6.15. The first-order chi connectivity index (χ1) is 18.7. The minimum atomic E-state index is -4.50. The van der Waals surface area contributed by atoms with Crippen molar-refractivity contribution in [1.82, 2.24) is 20.1 Å². The van der Waals surface area contributed by atoms with Crippen molar-refractivity contribution >= 4 is 28.5 Å². The number of benzene rings is 1. The smallest absolute Gasteiger partial charge is 0.408 e. The molecule has 1 aliphatic carbocycles. The fourth-order valence-electron chi connectivity index (χ4n) is 6.40. The highest BCUT2D eigenvalue weighted by molar-refractivity contribution is 6.11.